The van der Waals surface area contributed by atoms with Crippen molar-refractivity contribution in [3.05, 3.63) is 12.7 Å². The predicted molar refractivity (Wildman–Crippen MR) is 78.5 cm³/mol. The van der Waals surface area contributed by atoms with Gasteiger partial charge in [-0.05, 0) is 18.4 Å². The molecular formula is C15H22N2O2. The van der Waals surface area contributed by atoms with Gasteiger partial charge in [-0.1, -0.05) is 32.3 Å². The molecule has 1 rings (SSSR count). The van der Waals surface area contributed by atoms with Crippen LogP contribution in [0.1, 0.15) is 26.7 Å². The number of aliphatic imine (C=N–C) groups is 2. The van der Waals surface area contributed by atoms with Crippen LogP contribution in [0.25, 0.3) is 0 Å². The zero-order valence-corrected chi connectivity index (χ0v) is 12.1. The lowest BCUT2D eigenvalue weighted by Crippen LogP contribution is -2.37. The SMILES string of the molecule is C=CC#CCC[C@@H]1N=C(OC)[C@@H](C(C)C)N=C1OC. The van der Waals surface area contributed by atoms with Gasteiger partial charge < -0.3 is 9.47 Å². The third-order valence-electron chi connectivity index (χ3n) is 2.88. The molecule has 1 aliphatic rings. The van der Waals surface area contributed by atoms with E-state index in [-0.39, 0.29) is 12.1 Å². The smallest absolute Gasteiger partial charge is 0.209 e. The number of allylic oxidation sites excluding steroid dienone is 1. The van der Waals surface area contributed by atoms with Gasteiger partial charge in [-0.25, -0.2) is 9.98 Å². The van der Waals surface area contributed by atoms with Crippen LogP contribution in [0.15, 0.2) is 22.6 Å². The Bertz CT molecular complexity index is 427. The number of nitrogens with zero attached hydrogens (tertiary/aromatic N) is 2. The fourth-order valence-corrected chi connectivity index (χ4v) is 1.90. The largest absolute Gasteiger partial charge is 0.483 e. The Balaban J connectivity index is 2.82. The summed E-state index contributed by atoms with van der Waals surface area (Å²) in [5, 5.41) is 0. The maximum atomic E-state index is 5.35. The molecule has 0 N–H and O–H groups in total. The van der Waals surface area contributed by atoms with Gasteiger partial charge in [-0.2, -0.15) is 0 Å². The summed E-state index contributed by atoms with van der Waals surface area (Å²) in [6, 6.07) is -0.162. The molecule has 0 fully saturated rings. The van der Waals surface area contributed by atoms with Crippen molar-refractivity contribution in [1.82, 2.24) is 0 Å². The minimum absolute atomic E-state index is 0.0598. The van der Waals surface area contributed by atoms with Crippen molar-refractivity contribution >= 4 is 11.8 Å². The van der Waals surface area contributed by atoms with E-state index in [1.165, 1.54) is 0 Å². The molecule has 4 nitrogen and oxygen atoms in total. The van der Waals surface area contributed by atoms with E-state index in [0.717, 1.165) is 12.8 Å². The van der Waals surface area contributed by atoms with Crippen molar-refractivity contribution in [3.8, 4) is 11.8 Å². The average Bonchev–Trinajstić information content (AvgIpc) is 2.42. The van der Waals surface area contributed by atoms with Crippen molar-refractivity contribution in [2.24, 2.45) is 15.9 Å². The first kappa shape index (κ1) is 15.3. The zero-order chi connectivity index (χ0) is 14.3. The van der Waals surface area contributed by atoms with Crippen LogP contribution in [0.5, 0.6) is 0 Å². The summed E-state index contributed by atoms with van der Waals surface area (Å²) >= 11 is 0. The summed E-state index contributed by atoms with van der Waals surface area (Å²) in [7, 11) is 3.27. The van der Waals surface area contributed by atoms with Gasteiger partial charge in [-0.15, -0.1) is 0 Å². The number of hydrogen-bond donors (Lipinski definition) is 0. The predicted octanol–water partition coefficient (Wildman–Crippen LogP) is 2.45. The normalized spacial score (nSPS) is 21.9. The molecule has 0 radical (unpaired) electrons. The van der Waals surface area contributed by atoms with E-state index < -0.39 is 0 Å². The Morgan fingerprint density at radius 2 is 1.95 bits per heavy atom. The van der Waals surface area contributed by atoms with E-state index in [1.807, 2.05) is 0 Å². The first-order valence-electron chi connectivity index (χ1n) is 6.46. The first-order chi connectivity index (χ1) is 9.13. The van der Waals surface area contributed by atoms with Gasteiger partial charge in [0.25, 0.3) is 0 Å². The van der Waals surface area contributed by atoms with Gasteiger partial charge >= 0.3 is 0 Å². The second kappa shape index (κ2) is 7.63. The molecule has 0 bridgehead atoms. The fourth-order valence-electron chi connectivity index (χ4n) is 1.90. The summed E-state index contributed by atoms with van der Waals surface area (Å²) in [5.41, 5.74) is 0. The summed E-state index contributed by atoms with van der Waals surface area (Å²) in [6.07, 6.45) is 3.09. The molecule has 19 heavy (non-hydrogen) atoms. The van der Waals surface area contributed by atoms with Gasteiger partial charge in [0, 0.05) is 6.42 Å². The maximum absolute atomic E-state index is 5.35. The molecule has 0 aromatic heterocycles. The number of hydrogen-bond acceptors (Lipinski definition) is 4. The maximum Gasteiger partial charge on any atom is 0.209 e. The fraction of sp³-hybridized carbons (Fsp3) is 0.600. The van der Waals surface area contributed by atoms with Crippen molar-refractivity contribution in [2.75, 3.05) is 14.2 Å². The van der Waals surface area contributed by atoms with Crippen LogP contribution in [0.3, 0.4) is 0 Å². The van der Waals surface area contributed by atoms with Crippen molar-refractivity contribution in [3.63, 3.8) is 0 Å². The lowest BCUT2D eigenvalue weighted by atomic mass is 10.0. The number of methoxy groups -OCH3 is 2. The molecule has 0 spiro atoms. The van der Waals surface area contributed by atoms with Crippen molar-refractivity contribution < 1.29 is 9.47 Å². The third kappa shape index (κ3) is 4.13. The lowest BCUT2D eigenvalue weighted by molar-refractivity contribution is 0.331. The van der Waals surface area contributed by atoms with Crippen LogP contribution in [0.4, 0.5) is 0 Å². The minimum atomic E-state index is -0.103. The van der Waals surface area contributed by atoms with E-state index >= 15 is 0 Å². The Labute approximate surface area is 115 Å². The minimum Gasteiger partial charge on any atom is -0.483 e. The highest BCUT2D eigenvalue weighted by Crippen LogP contribution is 2.19. The van der Waals surface area contributed by atoms with Crippen LogP contribution < -0.4 is 0 Å². The highest BCUT2D eigenvalue weighted by Gasteiger charge is 2.30. The Hall–Kier alpha value is -1.76. The van der Waals surface area contributed by atoms with E-state index in [1.54, 1.807) is 20.3 Å². The van der Waals surface area contributed by atoms with Crippen LogP contribution in [-0.2, 0) is 9.47 Å². The summed E-state index contributed by atoms with van der Waals surface area (Å²) in [4.78, 5) is 9.20. The molecular weight excluding hydrogens is 240 g/mol. The Kier molecular flexibility index (Phi) is 6.14. The molecule has 1 heterocycles. The molecule has 0 saturated heterocycles. The second-order valence-electron chi connectivity index (χ2n) is 4.61. The summed E-state index contributed by atoms with van der Waals surface area (Å²) in [6.45, 7) is 7.74. The molecule has 4 heteroatoms. The van der Waals surface area contributed by atoms with Gasteiger partial charge in [0.2, 0.25) is 11.8 Å². The highest BCUT2D eigenvalue weighted by atomic mass is 16.5. The molecule has 1 aliphatic heterocycles. The topological polar surface area (TPSA) is 43.2 Å². The zero-order valence-electron chi connectivity index (χ0n) is 12.1. The molecule has 0 aliphatic carbocycles. The third-order valence-corrected chi connectivity index (χ3v) is 2.88. The van der Waals surface area contributed by atoms with Crippen LogP contribution in [0, 0.1) is 17.8 Å². The number of rotatable bonds is 3. The molecule has 104 valence electrons. The average molecular weight is 262 g/mol. The Morgan fingerprint density at radius 3 is 2.47 bits per heavy atom. The molecule has 0 amide bonds. The molecule has 0 aromatic carbocycles. The van der Waals surface area contributed by atoms with Crippen LogP contribution >= 0.6 is 0 Å². The highest BCUT2D eigenvalue weighted by molar-refractivity contribution is 5.94. The van der Waals surface area contributed by atoms with Crippen molar-refractivity contribution in [1.29, 1.82) is 0 Å². The van der Waals surface area contributed by atoms with E-state index in [9.17, 15) is 0 Å². The van der Waals surface area contributed by atoms with Crippen molar-refractivity contribution in [2.45, 2.75) is 38.8 Å². The van der Waals surface area contributed by atoms with E-state index in [4.69, 9.17) is 9.47 Å². The first-order valence-corrected chi connectivity index (χ1v) is 6.46. The molecule has 0 unspecified atom stereocenters. The monoisotopic (exact) mass is 262 g/mol. The van der Waals surface area contributed by atoms with Gasteiger partial charge in [0.05, 0.1) is 14.2 Å². The molecule has 2 atom stereocenters. The standard InChI is InChI=1S/C15H22N2O2/c1-6-7-8-9-10-12-14(18-4)17-13(11(2)3)15(16-12)19-5/h6,11-13H,1,9-10H2,2-5H3/t12-,13+/m0/s1. The molecule has 0 saturated carbocycles. The second-order valence-corrected chi connectivity index (χ2v) is 4.61. The van der Waals surface area contributed by atoms with E-state index in [2.05, 4.69) is 42.3 Å². The lowest BCUT2D eigenvalue weighted by Gasteiger charge is -2.26. The molecule has 0 aromatic rings. The van der Waals surface area contributed by atoms with E-state index in [0.29, 0.717) is 17.7 Å². The van der Waals surface area contributed by atoms with Crippen LogP contribution in [0.2, 0.25) is 0 Å². The quantitative estimate of drug-likeness (QED) is 0.733. The van der Waals surface area contributed by atoms with Gasteiger partial charge in [0.1, 0.15) is 12.1 Å². The summed E-state index contributed by atoms with van der Waals surface area (Å²) < 4.78 is 10.7. The Morgan fingerprint density at radius 1 is 1.26 bits per heavy atom. The van der Waals surface area contributed by atoms with Crippen LogP contribution in [-0.4, -0.2) is 38.1 Å². The number of ether oxygens (including phenoxy) is 2. The van der Waals surface area contributed by atoms with Gasteiger partial charge in [0.15, 0.2) is 0 Å². The summed E-state index contributed by atoms with van der Waals surface area (Å²) in [5.74, 6) is 7.50. The van der Waals surface area contributed by atoms with Gasteiger partial charge in [-0.3, -0.25) is 0 Å².